The smallest absolute Gasteiger partial charge is 0.328 e. The van der Waals surface area contributed by atoms with Crippen LogP contribution in [0.25, 0.3) is 6.08 Å². The highest BCUT2D eigenvalue weighted by molar-refractivity contribution is 9.10. The molecule has 0 bridgehead atoms. The molecule has 1 fully saturated rings. The largest absolute Gasteiger partial charge is 0.505 e. The Bertz CT molecular complexity index is 713. The third-order valence-electron chi connectivity index (χ3n) is 3.09. The minimum atomic E-state index is -1.01. The number of phenolic OH excluding ortho intramolecular Hbond substituents is 1. The van der Waals surface area contributed by atoms with Crippen LogP contribution in [-0.2, 0) is 14.3 Å². The van der Waals surface area contributed by atoms with Gasteiger partial charge >= 0.3 is 5.97 Å². The monoisotopic (exact) mass is 419 g/mol. The third-order valence-corrected chi connectivity index (χ3v) is 4.87. The number of imide groups is 1. The lowest BCUT2D eigenvalue weighted by molar-refractivity contribution is -0.148. The molecule has 23 heavy (non-hydrogen) atoms. The summed E-state index contributed by atoms with van der Waals surface area (Å²) in [6.45, 7) is 1.42. The summed E-state index contributed by atoms with van der Waals surface area (Å²) in [5, 5.41) is 9.16. The maximum Gasteiger partial charge on any atom is 0.328 e. The first-order chi connectivity index (χ1) is 10.8. The summed E-state index contributed by atoms with van der Waals surface area (Å²) in [5.41, 5.74) is 0.524. The molecular formula is C14H11BrClNO5S. The van der Waals surface area contributed by atoms with Gasteiger partial charge in [-0.25, -0.2) is 4.79 Å². The number of nitrogens with zero attached hydrogens (tertiary/aromatic N) is 1. The van der Waals surface area contributed by atoms with Gasteiger partial charge in [-0.3, -0.25) is 14.5 Å². The van der Waals surface area contributed by atoms with Gasteiger partial charge in [0.15, 0.2) is 0 Å². The fraction of sp³-hybridized carbons (Fsp3) is 0.214. The van der Waals surface area contributed by atoms with Gasteiger partial charge in [0.05, 0.1) is 21.5 Å². The molecule has 9 heteroatoms. The van der Waals surface area contributed by atoms with E-state index >= 15 is 0 Å². The van der Waals surface area contributed by atoms with Crippen LogP contribution in [0.4, 0.5) is 4.79 Å². The Hall–Kier alpha value is -1.51. The lowest BCUT2D eigenvalue weighted by Gasteiger charge is -2.18. The number of phenols is 1. The van der Waals surface area contributed by atoms with Gasteiger partial charge in [0.25, 0.3) is 11.1 Å². The maximum atomic E-state index is 12.3. The van der Waals surface area contributed by atoms with E-state index in [9.17, 15) is 19.5 Å². The number of hydrogen-bond acceptors (Lipinski definition) is 6. The number of carbonyl (C=O) groups is 3. The molecule has 0 radical (unpaired) electrons. The predicted molar refractivity (Wildman–Crippen MR) is 90.1 cm³/mol. The topological polar surface area (TPSA) is 83.9 Å². The van der Waals surface area contributed by atoms with Crippen molar-refractivity contribution in [2.24, 2.45) is 0 Å². The average molecular weight is 421 g/mol. The van der Waals surface area contributed by atoms with E-state index in [1.807, 2.05) is 0 Å². The Kier molecular flexibility index (Phi) is 5.38. The van der Waals surface area contributed by atoms with Gasteiger partial charge in [-0.1, -0.05) is 11.6 Å². The van der Waals surface area contributed by atoms with Gasteiger partial charge in [0.1, 0.15) is 11.8 Å². The van der Waals surface area contributed by atoms with Crippen molar-refractivity contribution >= 4 is 62.5 Å². The summed E-state index contributed by atoms with van der Waals surface area (Å²) in [7, 11) is 1.18. The second-order valence-corrected chi connectivity index (χ2v) is 6.84. The number of methoxy groups -OCH3 is 1. The summed E-state index contributed by atoms with van der Waals surface area (Å²) < 4.78 is 4.91. The molecule has 0 spiro atoms. The van der Waals surface area contributed by atoms with E-state index in [0.29, 0.717) is 10.0 Å². The van der Waals surface area contributed by atoms with E-state index in [-0.39, 0.29) is 15.7 Å². The van der Waals surface area contributed by atoms with Crippen LogP contribution in [0, 0.1) is 0 Å². The SMILES string of the molecule is COC(=O)C(C)N1C(=O)S/C(=C/c2cc(Cl)c(O)c(Br)c2)C1=O. The highest BCUT2D eigenvalue weighted by Gasteiger charge is 2.41. The van der Waals surface area contributed by atoms with Crippen LogP contribution in [0.15, 0.2) is 21.5 Å². The first-order valence-corrected chi connectivity index (χ1v) is 8.28. The molecule has 1 atom stereocenters. The molecule has 1 aromatic carbocycles. The van der Waals surface area contributed by atoms with E-state index in [1.165, 1.54) is 26.2 Å². The van der Waals surface area contributed by atoms with E-state index in [0.717, 1.165) is 16.7 Å². The molecule has 0 aromatic heterocycles. The van der Waals surface area contributed by atoms with Gasteiger partial charge in [0.2, 0.25) is 0 Å². The van der Waals surface area contributed by atoms with Gasteiger partial charge in [-0.15, -0.1) is 0 Å². The Balaban J connectivity index is 2.34. The van der Waals surface area contributed by atoms with Crippen LogP contribution >= 0.6 is 39.3 Å². The second-order valence-electron chi connectivity index (χ2n) is 4.58. The molecule has 1 saturated heterocycles. The molecular weight excluding hydrogens is 410 g/mol. The highest BCUT2D eigenvalue weighted by Crippen LogP contribution is 2.37. The molecule has 6 nitrogen and oxygen atoms in total. The summed E-state index contributed by atoms with van der Waals surface area (Å²) in [4.78, 5) is 36.8. The van der Waals surface area contributed by atoms with E-state index in [1.54, 1.807) is 6.07 Å². The summed E-state index contributed by atoms with van der Waals surface area (Å²) in [6.07, 6.45) is 1.46. The molecule has 1 unspecified atom stereocenters. The molecule has 1 heterocycles. The number of esters is 1. The Morgan fingerprint density at radius 1 is 1.48 bits per heavy atom. The molecule has 1 N–H and O–H groups in total. The Morgan fingerprint density at radius 2 is 2.13 bits per heavy atom. The summed E-state index contributed by atoms with van der Waals surface area (Å²) in [6, 6.07) is 2.01. The number of amides is 2. The molecule has 0 aliphatic carbocycles. The van der Waals surface area contributed by atoms with Crippen LogP contribution in [0.1, 0.15) is 12.5 Å². The zero-order valence-electron chi connectivity index (χ0n) is 12.0. The first-order valence-electron chi connectivity index (χ1n) is 6.29. The Morgan fingerprint density at radius 3 is 2.70 bits per heavy atom. The molecule has 2 amide bonds. The van der Waals surface area contributed by atoms with Crippen LogP contribution in [-0.4, -0.2) is 40.3 Å². The molecule has 1 aliphatic rings. The first kappa shape index (κ1) is 17.8. The lowest BCUT2D eigenvalue weighted by Crippen LogP contribution is -2.42. The molecule has 1 aromatic rings. The molecule has 2 rings (SSSR count). The number of carbonyl (C=O) groups excluding carboxylic acids is 3. The van der Waals surface area contributed by atoms with Crippen LogP contribution in [0.5, 0.6) is 5.75 Å². The van der Waals surface area contributed by atoms with Gasteiger partial charge in [-0.05, 0) is 58.4 Å². The van der Waals surface area contributed by atoms with Crippen molar-refractivity contribution in [3.63, 3.8) is 0 Å². The molecule has 122 valence electrons. The maximum absolute atomic E-state index is 12.3. The fourth-order valence-corrected chi connectivity index (χ4v) is 3.64. The van der Waals surface area contributed by atoms with Crippen molar-refractivity contribution in [3.05, 3.63) is 32.1 Å². The van der Waals surface area contributed by atoms with Crippen LogP contribution in [0.2, 0.25) is 5.02 Å². The van der Waals surface area contributed by atoms with E-state index in [2.05, 4.69) is 20.7 Å². The number of aromatic hydroxyl groups is 1. The number of rotatable bonds is 3. The van der Waals surface area contributed by atoms with Crippen molar-refractivity contribution in [1.29, 1.82) is 0 Å². The van der Waals surface area contributed by atoms with Crippen molar-refractivity contribution in [2.75, 3.05) is 7.11 Å². The normalized spacial score (nSPS) is 17.7. The zero-order valence-corrected chi connectivity index (χ0v) is 15.2. The number of hydrogen-bond donors (Lipinski definition) is 1. The van der Waals surface area contributed by atoms with E-state index < -0.39 is 23.2 Å². The number of benzene rings is 1. The van der Waals surface area contributed by atoms with Gasteiger partial charge in [0, 0.05) is 0 Å². The van der Waals surface area contributed by atoms with Crippen LogP contribution in [0.3, 0.4) is 0 Å². The minimum absolute atomic E-state index is 0.104. The van der Waals surface area contributed by atoms with Crippen LogP contribution < -0.4 is 0 Å². The molecule has 0 saturated carbocycles. The molecule has 1 aliphatic heterocycles. The standard InChI is InChI=1S/C14H11BrClNO5S/c1-6(13(20)22-2)17-12(19)10(23-14(17)21)5-7-3-8(15)11(18)9(16)4-7/h3-6,18H,1-2H3/b10-5+. The minimum Gasteiger partial charge on any atom is -0.505 e. The average Bonchev–Trinajstić information content (AvgIpc) is 2.77. The van der Waals surface area contributed by atoms with E-state index in [4.69, 9.17) is 11.6 Å². The number of thioether (sulfide) groups is 1. The predicted octanol–water partition coefficient (Wildman–Crippen LogP) is 3.41. The third kappa shape index (κ3) is 3.54. The van der Waals surface area contributed by atoms with Crippen molar-refractivity contribution in [3.8, 4) is 5.75 Å². The highest BCUT2D eigenvalue weighted by atomic mass is 79.9. The van der Waals surface area contributed by atoms with Gasteiger partial charge in [-0.2, -0.15) is 0 Å². The van der Waals surface area contributed by atoms with Crippen molar-refractivity contribution in [2.45, 2.75) is 13.0 Å². The summed E-state index contributed by atoms with van der Waals surface area (Å²) in [5.74, 6) is -1.38. The fourth-order valence-electron chi connectivity index (χ4n) is 1.91. The zero-order chi connectivity index (χ0) is 17.3. The lowest BCUT2D eigenvalue weighted by atomic mass is 10.2. The van der Waals surface area contributed by atoms with Crippen molar-refractivity contribution < 1.29 is 24.2 Å². The van der Waals surface area contributed by atoms with Crippen molar-refractivity contribution in [1.82, 2.24) is 4.90 Å². The summed E-state index contributed by atoms with van der Waals surface area (Å²) >= 11 is 9.73. The van der Waals surface area contributed by atoms with Gasteiger partial charge < -0.3 is 9.84 Å². The number of halogens is 2. The quantitative estimate of drug-likeness (QED) is 0.596. The Labute approximate surface area is 149 Å². The number of ether oxygens (including phenoxy) is 1. The second kappa shape index (κ2) is 6.94.